The molecule has 1 aliphatic rings. The van der Waals surface area contributed by atoms with Crippen LogP contribution < -0.4 is 5.32 Å². The topological polar surface area (TPSA) is 49.3 Å². The highest BCUT2D eigenvalue weighted by Crippen LogP contribution is 2.44. The lowest BCUT2D eigenvalue weighted by molar-refractivity contribution is 0.0939. The Hall–Kier alpha value is -1.43. The molecular formula is C19H21ClFNO2S. The fraction of sp³-hybridized carbons (Fsp3) is 0.421. The van der Waals surface area contributed by atoms with Crippen molar-refractivity contribution >= 4 is 28.8 Å². The number of thiophene rings is 1. The van der Waals surface area contributed by atoms with E-state index in [1.807, 2.05) is 12.1 Å². The minimum absolute atomic E-state index is 0.104. The maximum Gasteiger partial charge on any atom is 0.255 e. The Morgan fingerprint density at radius 2 is 2.08 bits per heavy atom. The van der Waals surface area contributed by atoms with Gasteiger partial charge in [0.2, 0.25) is 0 Å². The Kier molecular flexibility index (Phi) is 5.46. The average Bonchev–Trinajstić information content (AvgIpc) is 3.23. The molecule has 2 aromatic rings. The number of carbonyl (C=O) groups excluding carboxylic acids is 1. The standard InChI is InChI=1S/C19H21ClFNO2S/c1-12(23)15-7-8-16(25-15)19(9-2-3-10-19)11-22-18(24)17-13(20)5-4-6-14(17)21/h4-8,12,23H,2-3,9-11H2,1H3,(H,22,24)/t12-/m0/s1. The van der Waals surface area contributed by atoms with Crippen LogP contribution >= 0.6 is 22.9 Å². The van der Waals surface area contributed by atoms with Gasteiger partial charge in [0.05, 0.1) is 16.7 Å². The first-order valence-electron chi connectivity index (χ1n) is 8.43. The summed E-state index contributed by atoms with van der Waals surface area (Å²) in [6.07, 6.45) is 3.64. The van der Waals surface area contributed by atoms with Crippen molar-refractivity contribution in [3.05, 3.63) is 56.5 Å². The van der Waals surface area contributed by atoms with E-state index in [1.54, 1.807) is 18.3 Å². The van der Waals surface area contributed by atoms with Crippen LogP contribution in [0.15, 0.2) is 30.3 Å². The second-order valence-electron chi connectivity index (χ2n) is 6.64. The molecule has 1 amide bonds. The van der Waals surface area contributed by atoms with E-state index in [0.717, 1.165) is 30.6 Å². The van der Waals surface area contributed by atoms with Gasteiger partial charge in [0, 0.05) is 21.7 Å². The molecule has 2 N–H and O–H groups in total. The van der Waals surface area contributed by atoms with Crippen molar-refractivity contribution in [2.75, 3.05) is 6.54 Å². The molecule has 1 heterocycles. The van der Waals surface area contributed by atoms with Gasteiger partial charge in [0.15, 0.2) is 0 Å². The van der Waals surface area contributed by atoms with Gasteiger partial charge in [-0.15, -0.1) is 11.3 Å². The molecule has 0 radical (unpaired) electrons. The Balaban J connectivity index is 1.79. The van der Waals surface area contributed by atoms with Crippen molar-refractivity contribution in [1.82, 2.24) is 5.32 Å². The van der Waals surface area contributed by atoms with Gasteiger partial charge in [-0.2, -0.15) is 0 Å². The van der Waals surface area contributed by atoms with Crippen LogP contribution in [-0.2, 0) is 5.41 Å². The van der Waals surface area contributed by atoms with Crippen LogP contribution in [0.1, 0.15) is 58.8 Å². The number of aliphatic hydroxyl groups excluding tert-OH is 1. The molecule has 1 fully saturated rings. The predicted octanol–water partition coefficient (Wildman–Crippen LogP) is 4.84. The SMILES string of the molecule is C[C@H](O)c1ccc(C2(CNC(=O)c3c(F)cccc3Cl)CCCC2)s1. The number of hydrogen-bond donors (Lipinski definition) is 2. The molecule has 0 unspecified atom stereocenters. The second-order valence-corrected chi connectivity index (χ2v) is 8.17. The van der Waals surface area contributed by atoms with Gasteiger partial charge >= 0.3 is 0 Å². The number of rotatable bonds is 5. The number of hydrogen-bond acceptors (Lipinski definition) is 3. The maximum absolute atomic E-state index is 13.9. The monoisotopic (exact) mass is 381 g/mol. The van der Waals surface area contributed by atoms with Crippen LogP contribution in [0.25, 0.3) is 0 Å². The molecule has 0 saturated heterocycles. The van der Waals surface area contributed by atoms with Crippen molar-refractivity contribution in [2.45, 2.75) is 44.1 Å². The summed E-state index contributed by atoms with van der Waals surface area (Å²) in [5, 5.41) is 12.8. The van der Waals surface area contributed by atoms with E-state index in [0.29, 0.717) is 6.54 Å². The molecule has 3 rings (SSSR count). The van der Waals surface area contributed by atoms with Crippen LogP contribution in [0.3, 0.4) is 0 Å². The lowest BCUT2D eigenvalue weighted by Crippen LogP contribution is -2.38. The molecule has 25 heavy (non-hydrogen) atoms. The Morgan fingerprint density at radius 3 is 2.68 bits per heavy atom. The summed E-state index contributed by atoms with van der Waals surface area (Å²) in [5.74, 6) is -1.10. The summed E-state index contributed by atoms with van der Waals surface area (Å²) in [4.78, 5) is 14.5. The Morgan fingerprint density at radius 1 is 1.36 bits per heavy atom. The third kappa shape index (κ3) is 3.73. The van der Waals surface area contributed by atoms with E-state index in [1.165, 1.54) is 23.1 Å². The molecule has 1 atom stereocenters. The molecule has 6 heteroatoms. The number of aliphatic hydroxyl groups is 1. The third-order valence-corrected chi connectivity index (χ3v) is 6.72. The number of carbonyl (C=O) groups is 1. The average molecular weight is 382 g/mol. The smallest absolute Gasteiger partial charge is 0.255 e. The minimum Gasteiger partial charge on any atom is -0.388 e. The fourth-order valence-electron chi connectivity index (χ4n) is 3.48. The van der Waals surface area contributed by atoms with Crippen molar-refractivity contribution in [3.8, 4) is 0 Å². The van der Waals surface area contributed by atoms with E-state index in [2.05, 4.69) is 5.32 Å². The molecule has 0 aliphatic heterocycles. The first-order valence-corrected chi connectivity index (χ1v) is 9.63. The lowest BCUT2D eigenvalue weighted by Gasteiger charge is -2.28. The summed E-state index contributed by atoms with van der Waals surface area (Å²) >= 11 is 7.57. The molecule has 1 saturated carbocycles. The predicted molar refractivity (Wildman–Crippen MR) is 98.8 cm³/mol. The number of halogens is 2. The van der Waals surface area contributed by atoms with Gasteiger partial charge in [0.25, 0.3) is 5.91 Å². The minimum atomic E-state index is -0.613. The second kappa shape index (κ2) is 7.44. The molecule has 1 aromatic heterocycles. The molecule has 134 valence electrons. The van der Waals surface area contributed by atoms with Gasteiger partial charge < -0.3 is 10.4 Å². The molecule has 0 spiro atoms. The normalized spacial score (nSPS) is 17.4. The van der Waals surface area contributed by atoms with Crippen LogP contribution in [0, 0.1) is 5.82 Å². The summed E-state index contributed by atoms with van der Waals surface area (Å²) in [7, 11) is 0. The van der Waals surface area contributed by atoms with Gasteiger partial charge in [-0.05, 0) is 44.0 Å². The van der Waals surface area contributed by atoms with Crippen molar-refractivity contribution < 1.29 is 14.3 Å². The number of amides is 1. The Labute approximate surface area is 155 Å². The van der Waals surface area contributed by atoms with Crippen LogP contribution in [-0.4, -0.2) is 17.6 Å². The summed E-state index contributed by atoms with van der Waals surface area (Å²) in [6, 6.07) is 8.22. The van der Waals surface area contributed by atoms with Crippen LogP contribution in [0.5, 0.6) is 0 Å². The third-order valence-electron chi connectivity index (χ3n) is 4.90. The highest BCUT2D eigenvalue weighted by Gasteiger charge is 2.37. The quantitative estimate of drug-likeness (QED) is 0.778. The molecule has 3 nitrogen and oxygen atoms in total. The number of benzene rings is 1. The van der Waals surface area contributed by atoms with Gasteiger partial charge in [-0.1, -0.05) is 30.5 Å². The van der Waals surface area contributed by atoms with Crippen molar-refractivity contribution in [1.29, 1.82) is 0 Å². The zero-order valence-corrected chi connectivity index (χ0v) is 15.6. The molecular weight excluding hydrogens is 361 g/mol. The van der Waals surface area contributed by atoms with E-state index >= 15 is 0 Å². The largest absolute Gasteiger partial charge is 0.388 e. The zero-order chi connectivity index (χ0) is 18.0. The van der Waals surface area contributed by atoms with E-state index < -0.39 is 17.8 Å². The van der Waals surface area contributed by atoms with Crippen LogP contribution in [0.4, 0.5) is 4.39 Å². The zero-order valence-electron chi connectivity index (χ0n) is 14.0. The van der Waals surface area contributed by atoms with Crippen molar-refractivity contribution in [2.24, 2.45) is 0 Å². The maximum atomic E-state index is 13.9. The van der Waals surface area contributed by atoms with Gasteiger partial charge in [-0.25, -0.2) is 4.39 Å². The number of nitrogens with one attached hydrogen (secondary N) is 1. The van der Waals surface area contributed by atoms with E-state index in [-0.39, 0.29) is 16.0 Å². The summed E-state index contributed by atoms with van der Waals surface area (Å²) < 4.78 is 13.9. The fourth-order valence-corrected chi connectivity index (χ4v) is 4.92. The molecule has 1 aliphatic carbocycles. The van der Waals surface area contributed by atoms with Gasteiger partial charge in [-0.3, -0.25) is 4.79 Å². The molecule has 0 bridgehead atoms. The van der Waals surface area contributed by atoms with Gasteiger partial charge in [0.1, 0.15) is 5.82 Å². The van der Waals surface area contributed by atoms with E-state index in [4.69, 9.17) is 11.6 Å². The summed E-state index contributed by atoms with van der Waals surface area (Å²) in [5.41, 5.74) is -0.251. The van der Waals surface area contributed by atoms with E-state index in [9.17, 15) is 14.3 Å². The molecule has 1 aromatic carbocycles. The lowest BCUT2D eigenvalue weighted by atomic mass is 9.84. The van der Waals surface area contributed by atoms with Crippen LogP contribution in [0.2, 0.25) is 5.02 Å². The Bertz CT molecular complexity index is 748. The summed E-state index contributed by atoms with van der Waals surface area (Å²) in [6.45, 7) is 2.19. The van der Waals surface area contributed by atoms with Crippen molar-refractivity contribution in [3.63, 3.8) is 0 Å². The first-order chi connectivity index (χ1) is 11.9. The first kappa shape index (κ1) is 18.4. The highest BCUT2D eigenvalue weighted by molar-refractivity contribution is 7.12. The highest BCUT2D eigenvalue weighted by atomic mass is 35.5.